The molecule has 0 saturated carbocycles. The molecule has 0 aromatic carbocycles. The Labute approximate surface area is 72.1 Å². The minimum Gasteiger partial charge on any atom is -0.481 e. The molecule has 0 aromatic heterocycles. The molecule has 1 aliphatic heterocycles. The third-order valence-corrected chi connectivity index (χ3v) is 2.22. The lowest BCUT2D eigenvalue weighted by atomic mass is 10.1. The van der Waals surface area contributed by atoms with E-state index < -0.39 is 5.97 Å². The van der Waals surface area contributed by atoms with E-state index in [4.69, 9.17) is 9.84 Å². The summed E-state index contributed by atoms with van der Waals surface area (Å²) in [6, 6.07) is 0.144. The molecule has 0 aromatic rings. The van der Waals surface area contributed by atoms with Gasteiger partial charge in [-0.05, 0) is 13.5 Å². The van der Waals surface area contributed by atoms with Crippen molar-refractivity contribution in [2.45, 2.75) is 18.9 Å². The first-order valence-corrected chi connectivity index (χ1v) is 4.20. The largest absolute Gasteiger partial charge is 0.481 e. The van der Waals surface area contributed by atoms with Crippen LogP contribution in [-0.4, -0.2) is 48.8 Å². The maximum Gasteiger partial charge on any atom is 0.304 e. The van der Waals surface area contributed by atoms with E-state index >= 15 is 0 Å². The van der Waals surface area contributed by atoms with Crippen molar-refractivity contribution in [1.29, 1.82) is 0 Å². The molecular formula is C8H15NO3. The summed E-state index contributed by atoms with van der Waals surface area (Å²) in [5.74, 6) is -0.728. The number of rotatable bonds is 2. The van der Waals surface area contributed by atoms with Gasteiger partial charge in [-0.2, -0.15) is 0 Å². The lowest BCUT2D eigenvalue weighted by Gasteiger charge is -2.22. The third-order valence-electron chi connectivity index (χ3n) is 2.22. The first-order valence-electron chi connectivity index (χ1n) is 4.20. The van der Waals surface area contributed by atoms with Gasteiger partial charge in [0.15, 0.2) is 0 Å². The Bertz CT molecular complexity index is 160. The maximum absolute atomic E-state index is 10.5. The van der Waals surface area contributed by atoms with Crippen molar-refractivity contribution < 1.29 is 14.6 Å². The van der Waals surface area contributed by atoms with Gasteiger partial charge in [0.05, 0.1) is 13.0 Å². The van der Waals surface area contributed by atoms with Crippen LogP contribution in [0.3, 0.4) is 0 Å². The van der Waals surface area contributed by atoms with Crippen molar-refractivity contribution in [1.82, 2.24) is 4.90 Å². The average Bonchev–Trinajstić information content (AvgIpc) is 2.16. The highest BCUT2D eigenvalue weighted by molar-refractivity contribution is 5.67. The SMILES string of the molecule is CN1CCOCCC1CC(=O)O. The normalized spacial score (nSPS) is 26.6. The monoisotopic (exact) mass is 173 g/mol. The fourth-order valence-corrected chi connectivity index (χ4v) is 1.39. The Morgan fingerprint density at radius 2 is 2.42 bits per heavy atom. The molecule has 1 fully saturated rings. The van der Waals surface area contributed by atoms with Crippen molar-refractivity contribution in [2.75, 3.05) is 26.8 Å². The van der Waals surface area contributed by atoms with Crippen molar-refractivity contribution in [3.63, 3.8) is 0 Å². The average molecular weight is 173 g/mol. The fourth-order valence-electron chi connectivity index (χ4n) is 1.39. The molecule has 0 aliphatic carbocycles. The zero-order valence-corrected chi connectivity index (χ0v) is 7.32. The molecule has 1 N–H and O–H groups in total. The molecule has 12 heavy (non-hydrogen) atoms. The Balaban J connectivity index is 2.41. The maximum atomic E-state index is 10.5. The Morgan fingerprint density at radius 3 is 3.08 bits per heavy atom. The van der Waals surface area contributed by atoms with E-state index in [-0.39, 0.29) is 12.5 Å². The molecule has 1 rings (SSSR count). The lowest BCUT2D eigenvalue weighted by molar-refractivity contribution is -0.138. The predicted octanol–water partition coefficient (Wildman–Crippen LogP) is 0.182. The molecule has 0 amide bonds. The van der Waals surface area contributed by atoms with Crippen molar-refractivity contribution in [3.8, 4) is 0 Å². The summed E-state index contributed by atoms with van der Waals surface area (Å²) in [6.45, 7) is 2.23. The zero-order valence-electron chi connectivity index (χ0n) is 7.32. The number of carboxylic acids is 1. The molecule has 0 radical (unpaired) electrons. The van der Waals surface area contributed by atoms with Crippen LogP contribution in [0.2, 0.25) is 0 Å². The van der Waals surface area contributed by atoms with Crippen LogP contribution in [0.4, 0.5) is 0 Å². The molecule has 1 heterocycles. The van der Waals surface area contributed by atoms with Crippen molar-refractivity contribution in [3.05, 3.63) is 0 Å². The van der Waals surface area contributed by atoms with Gasteiger partial charge in [-0.3, -0.25) is 4.79 Å². The Hall–Kier alpha value is -0.610. The minimum atomic E-state index is -0.728. The van der Waals surface area contributed by atoms with Gasteiger partial charge >= 0.3 is 5.97 Å². The number of nitrogens with zero attached hydrogens (tertiary/aromatic N) is 1. The van der Waals surface area contributed by atoms with Gasteiger partial charge in [-0.25, -0.2) is 0 Å². The van der Waals surface area contributed by atoms with Gasteiger partial charge in [-0.1, -0.05) is 0 Å². The highest BCUT2D eigenvalue weighted by Crippen LogP contribution is 2.10. The molecule has 1 aliphatic rings. The summed E-state index contributed by atoms with van der Waals surface area (Å²) in [7, 11) is 1.95. The van der Waals surface area contributed by atoms with E-state index in [2.05, 4.69) is 4.90 Å². The van der Waals surface area contributed by atoms with Gasteiger partial charge in [0.25, 0.3) is 0 Å². The van der Waals surface area contributed by atoms with Gasteiger partial charge in [0.1, 0.15) is 0 Å². The first kappa shape index (κ1) is 9.48. The standard InChI is InChI=1S/C8H15NO3/c1-9-3-5-12-4-2-7(9)6-8(10)11/h7H,2-6H2,1H3,(H,10,11). The van der Waals surface area contributed by atoms with E-state index in [0.717, 1.165) is 13.0 Å². The number of hydrogen-bond donors (Lipinski definition) is 1. The summed E-state index contributed by atoms with van der Waals surface area (Å²) in [6.07, 6.45) is 1.04. The first-order chi connectivity index (χ1) is 5.70. The van der Waals surface area contributed by atoms with Crippen molar-refractivity contribution >= 4 is 5.97 Å². The second-order valence-corrected chi connectivity index (χ2v) is 3.13. The summed E-state index contributed by atoms with van der Waals surface area (Å²) < 4.78 is 5.24. The second kappa shape index (κ2) is 4.42. The number of hydrogen-bond acceptors (Lipinski definition) is 3. The Kier molecular flexibility index (Phi) is 3.49. The van der Waals surface area contributed by atoms with Crippen LogP contribution in [0.5, 0.6) is 0 Å². The summed E-state index contributed by atoms with van der Waals surface area (Å²) in [4.78, 5) is 12.5. The number of ether oxygens (including phenoxy) is 1. The summed E-state index contributed by atoms with van der Waals surface area (Å²) in [5.41, 5.74) is 0. The molecule has 0 bridgehead atoms. The Morgan fingerprint density at radius 1 is 1.67 bits per heavy atom. The summed E-state index contributed by atoms with van der Waals surface area (Å²) >= 11 is 0. The lowest BCUT2D eigenvalue weighted by Crippen LogP contribution is -2.34. The minimum absolute atomic E-state index is 0.144. The van der Waals surface area contributed by atoms with E-state index in [1.165, 1.54) is 0 Å². The van der Waals surface area contributed by atoms with Crippen LogP contribution < -0.4 is 0 Å². The number of aliphatic carboxylic acids is 1. The highest BCUT2D eigenvalue weighted by Gasteiger charge is 2.19. The summed E-state index contributed by atoms with van der Waals surface area (Å²) in [5, 5.41) is 8.61. The number of carboxylic acid groups (broad SMARTS) is 1. The molecule has 4 nitrogen and oxygen atoms in total. The van der Waals surface area contributed by atoms with Crippen LogP contribution in [-0.2, 0) is 9.53 Å². The predicted molar refractivity (Wildman–Crippen MR) is 44.1 cm³/mol. The second-order valence-electron chi connectivity index (χ2n) is 3.13. The van der Waals surface area contributed by atoms with Crippen LogP contribution in [0.1, 0.15) is 12.8 Å². The van der Waals surface area contributed by atoms with Crippen LogP contribution in [0.15, 0.2) is 0 Å². The smallest absolute Gasteiger partial charge is 0.304 e. The molecule has 1 unspecified atom stereocenters. The van der Waals surface area contributed by atoms with Gasteiger partial charge in [-0.15, -0.1) is 0 Å². The molecule has 70 valence electrons. The molecular weight excluding hydrogens is 158 g/mol. The molecule has 0 spiro atoms. The topological polar surface area (TPSA) is 49.8 Å². The van der Waals surface area contributed by atoms with E-state index in [1.54, 1.807) is 0 Å². The number of likely N-dealkylation sites (N-methyl/N-ethyl adjacent to an activating group) is 1. The van der Waals surface area contributed by atoms with Crippen LogP contribution in [0, 0.1) is 0 Å². The number of carbonyl (C=O) groups is 1. The van der Waals surface area contributed by atoms with Crippen LogP contribution >= 0.6 is 0 Å². The van der Waals surface area contributed by atoms with E-state index in [1.807, 2.05) is 7.05 Å². The molecule has 1 saturated heterocycles. The fraction of sp³-hybridized carbons (Fsp3) is 0.875. The molecule has 1 atom stereocenters. The van der Waals surface area contributed by atoms with Gasteiger partial charge in [0.2, 0.25) is 0 Å². The van der Waals surface area contributed by atoms with Gasteiger partial charge < -0.3 is 14.7 Å². The van der Waals surface area contributed by atoms with E-state index in [9.17, 15) is 4.79 Å². The highest BCUT2D eigenvalue weighted by atomic mass is 16.5. The quantitative estimate of drug-likeness (QED) is 0.647. The zero-order chi connectivity index (χ0) is 8.97. The van der Waals surface area contributed by atoms with Crippen molar-refractivity contribution in [2.24, 2.45) is 0 Å². The van der Waals surface area contributed by atoms with E-state index in [0.29, 0.717) is 13.2 Å². The molecule has 4 heteroatoms. The van der Waals surface area contributed by atoms with Crippen LogP contribution in [0.25, 0.3) is 0 Å². The van der Waals surface area contributed by atoms with Gasteiger partial charge in [0, 0.05) is 19.2 Å². The third kappa shape index (κ3) is 2.79.